The molecule has 1 aromatic rings. The van der Waals surface area contributed by atoms with Crippen LogP contribution in [0.2, 0.25) is 0 Å². The van der Waals surface area contributed by atoms with Crippen molar-refractivity contribution in [2.45, 2.75) is 12.8 Å². The van der Waals surface area contributed by atoms with Gasteiger partial charge in [-0.15, -0.1) is 0 Å². The Kier molecular flexibility index (Phi) is 4.27. The zero-order valence-corrected chi connectivity index (χ0v) is 8.59. The molecule has 0 amide bonds. The van der Waals surface area contributed by atoms with Crippen LogP contribution in [0.1, 0.15) is 17.5 Å². The van der Waals surface area contributed by atoms with Crippen LogP contribution in [0.3, 0.4) is 0 Å². The molecular weight excluding hydrogens is 208 g/mol. The Bertz CT molecular complexity index is 421. The van der Waals surface area contributed by atoms with Crippen molar-refractivity contribution >= 4 is 18.0 Å². The van der Waals surface area contributed by atoms with Gasteiger partial charge in [0.2, 0.25) is 0 Å². The summed E-state index contributed by atoms with van der Waals surface area (Å²) in [6.07, 6.45) is 3.05. The monoisotopic (exact) mass is 220 g/mol. The van der Waals surface area contributed by atoms with Crippen LogP contribution in [-0.4, -0.2) is 22.2 Å². The molecule has 84 valence electrons. The van der Waals surface area contributed by atoms with Crippen LogP contribution in [-0.2, 0) is 16.0 Å². The third-order valence-electron chi connectivity index (χ3n) is 2.00. The molecular formula is C12H12O4. The van der Waals surface area contributed by atoms with Crippen molar-refractivity contribution in [1.29, 1.82) is 0 Å². The summed E-state index contributed by atoms with van der Waals surface area (Å²) >= 11 is 0. The molecule has 0 atom stereocenters. The van der Waals surface area contributed by atoms with Gasteiger partial charge in [-0.1, -0.05) is 24.3 Å². The van der Waals surface area contributed by atoms with Gasteiger partial charge in [0.05, 0.1) is 0 Å². The van der Waals surface area contributed by atoms with Crippen molar-refractivity contribution in [3.05, 3.63) is 41.5 Å². The third kappa shape index (κ3) is 4.41. The predicted molar refractivity (Wildman–Crippen MR) is 59.1 cm³/mol. The van der Waals surface area contributed by atoms with Crippen molar-refractivity contribution in [3.63, 3.8) is 0 Å². The van der Waals surface area contributed by atoms with E-state index >= 15 is 0 Å². The fourth-order valence-corrected chi connectivity index (χ4v) is 1.27. The van der Waals surface area contributed by atoms with Gasteiger partial charge >= 0.3 is 11.9 Å². The van der Waals surface area contributed by atoms with Crippen molar-refractivity contribution in [2.75, 3.05) is 0 Å². The van der Waals surface area contributed by atoms with Crippen LogP contribution < -0.4 is 0 Å². The second-order valence-corrected chi connectivity index (χ2v) is 3.31. The number of hydrogen-bond donors (Lipinski definition) is 2. The van der Waals surface area contributed by atoms with Gasteiger partial charge < -0.3 is 10.2 Å². The molecule has 4 nitrogen and oxygen atoms in total. The molecule has 4 heteroatoms. The van der Waals surface area contributed by atoms with Gasteiger partial charge in [0.1, 0.15) is 0 Å². The Balaban J connectivity index is 2.71. The quantitative estimate of drug-likeness (QED) is 0.742. The third-order valence-corrected chi connectivity index (χ3v) is 2.00. The maximum atomic E-state index is 10.4. The van der Waals surface area contributed by atoms with E-state index in [0.29, 0.717) is 6.42 Å². The molecule has 2 N–H and O–H groups in total. The topological polar surface area (TPSA) is 74.6 Å². The molecule has 0 heterocycles. The summed E-state index contributed by atoms with van der Waals surface area (Å²) in [5, 5.41) is 17.0. The van der Waals surface area contributed by atoms with E-state index in [1.54, 1.807) is 18.2 Å². The van der Waals surface area contributed by atoms with Crippen LogP contribution in [0.15, 0.2) is 30.3 Å². The Labute approximate surface area is 92.8 Å². The van der Waals surface area contributed by atoms with Crippen LogP contribution in [0.25, 0.3) is 6.08 Å². The molecule has 0 bridgehead atoms. The van der Waals surface area contributed by atoms with Gasteiger partial charge in [0.25, 0.3) is 0 Å². The van der Waals surface area contributed by atoms with E-state index in [-0.39, 0.29) is 6.42 Å². The first-order chi connectivity index (χ1) is 7.58. The van der Waals surface area contributed by atoms with Gasteiger partial charge in [-0.05, 0) is 23.6 Å². The molecule has 0 fully saturated rings. The number of aliphatic carboxylic acids is 2. The van der Waals surface area contributed by atoms with Crippen molar-refractivity contribution < 1.29 is 19.8 Å². The van der Waals surface area contributed by atoms with Crippen molar-refractivity contribution in [3.8, 4) is 0 Å². The average molecular weight is 220 g/mol. The molecule has 16 heavy (non-hydrogen) atoms. The molecule has 0 aliphatic heterocycles. The van der Waals surface area contributed by atoms with E-state index in [0.717, 1.165) is 17.2 Å². The van der Waals surface area contributed by atoms with Gasteiger partial charge in [-0.25, -0.2) is 4.79 Å². The van der Waals surface area contributed by atoms with Crippen molar-refractivity contribution in [2.24, 2.45) is 0 Å². The lowest BCUT2D eigenvalue weighted by atomic mass is 10.1. The fourth-order valence-electron chi connectivity index (χ4n) is 1.27. The average Bonchev–Trinajstić information content (AvgIpc) is 2.24. The molecule has 1 rings (SSSR count). The Morgan fingerprint density at radius 3 is 2.62 bits per heavy atom. The van der Waals surface area contributed by atoms with E-state index < -0.39 is 11.9 Å². The molecule has 0 unspecified atom stereocenters. The molecule has 0 aliphatic rings. The van der Waals surface area contributed by atoms with Gasteiger partial charge in [0.15, 0.2) is 0 Å². The lowest BCUT2D eigenvalue weighted by Crippen LogP contribution is -1.97. The number of carboxylic acids is 2. The minimum absolute atomic E-state index is 0.0755. The maximum absolute atomic E-state index is 10.4. The van der Waals surface area contributed by atoms with Crippen molar-refractivity contribution in [1.82, 2.24) is 0 Å². The Morgan fingerprint density at radius 1 is 1.25 bits per heavy atom. The van der Waals surface area contributed by atoms with Gasteiger partial charge in [-0.3, -0.25) is 4.79 Å². The number of carbonyl (C=O) groups is 2. The molecule has 0 aromatic heterocycles. The van der Waals surface area contributed by atoms with Crippen LogP contribution >= 0.6 is 0 Å². The molecule has 0 aliphatic carbocycles. The highest BCUT2D eigenvalue weighted by Gasteiger charge is 1.99. The lowest BCUT2D eigenvalue weighted by molar-refractivity contribution is -0.137. The fraction of sp³-hybridized carbons (Fsp3) is 0.167. The zero-order chi connectivity index (χ0) is 12.0. The van der Waals surface area contributed by atoms with Crippen LogP contribution in [0, 0.1) is 0 Å². The molecule has 1 aromatic carbocycles. The van der Waals surface area contributed by atoms with Crippen LogP contribution in [0.4, 0.5) is 0 Å². The van der Waals surface area contributed by atoms with E-state index in [2.05, 4.69) is 0 Å². The van der Waals surface area contributed by atoms with Crippen LogP contribution in [0.5, 0.6) is 0 Å². The SMILES string of the molecule is O=C(O)/C=C/c1cccc(CCC(=O)O)c1. The molecule has 0 saturated carbocycles. The number of hydrogen-bond acceptors (Lipinski definition) is 2. The highest BCUT2D eigenvalue weighted by atomic mass is 16.4. The first-order valence-electron chi connectivity index (χ1n) is 4.79. The minimum Gasteiger partial charge on any atom is -0.481 e. The van der Waals surface area contributed by atoms with E-state index in [9.17, 15) is 9.59 Å². The number of aryl methyl sites for hydroxylation is 1. The van der Waals surface area contributed by atoms with E-state index in [1.807, 2.05) is 6.07 Å². The highest BCUT2D eigenvalue weighted by Crippen LogP contribution is 2.09. The van der Waals surface area contributed by atoms with E-state index in [1.165, 1.54) is 6.08 Å². The highest BCUT2D eigenvalue weighted by molar-refractivity contribution is 5.85. The summed E-state index contributed by atoms with van der Waals surface area (Å²) in [7, 11) is 0. The smallest absolute Gasteiger partial charge is 0.328 e. The second-order valence-electron chi connectivity index (χ2n) is 3.31. The predicted octanol–water partition coefficient (Wildman–Crippen LogP) is 1.80. The first kappa shape index (κ1) is 12.0. The summed E-state index contributed by atoms with van der Waals surface area (Å²) < 4.78 is 0. The number of rotatable bonds is 5. The largest absolute Gasteiger partial charge is 0.481 e. The summed E-state index contributed by atoms with van der Waals surface area (Å²) in [6.45, 7) is 0. The lowest BCUT2D eigenvalue weighted by Gasteiger charge is -2.00. The Hall–Kier alpha value is -2.10. The second kappa shape index (κ2) is 5.70. The summed E-state index contributed by atoms with van der Waals surface area (Å²) in [6, 6.07) is 7.14. The van der Waals surface area contributed by atoms with Gasteiger partial charge in [-0.2, -0.15) is 0 Å². The summed E-state index contributed by atoms with van der Waals surface area (Å²) in [5.41, 5.74) is 1.64. The first-order valence-corrected chi connectivity index (χ1v) is 4.79. The van der Waals surface area contributed by atoms with Gasteiger partial charge in [0, 0.05) is 12.5 Å². The summed E-state index contributed by atoms with van der Waals surface area (Å²) in [5.74, 6) is -1.84. The standard InChI is InChI=1S/C12H12O4/c13-11(14)6-4-9-2-1-3-10(8-9)5-7-12(15)16/h1-4,6,8H,5,7H2,(H,13,14)(H,15,16)/b6-4+. The number of carboxylic acid groups (broad SMARTS) is 2. The number of benzene rings is 1. The molecule has 0 spiro atoms. The maximum Gasteiger partial charge on any atom is 0.328 e. The normalized spacial score (nSPS) is 10.5. The van der Waals surface area contributed by atoms with E-state index in [4.69, 9.17) is 10.2 Å². The zero-order valence-electron chi connectivity index (χ0n) is 8.59. The minimum atomic E-state index is -1.00. The Morgan fingerprint density at radius 2 is 2.00 bits per heavy atom. The summed E-state index contributed by atoms with van der Waals surface area (Å²) in [4.78, 5) is 20.7. The molecule has 0 saturated heterocycles. The molecule has 0 radical (unpaired) electrons.